The van der Waals surface area contributed by atoms with E-state index in [4.69, 9.17) is 5.11 Å². The van der Waals surface area contributed by atoms with Crippen LogP contribution in [-0.4, -0.2) is 41.7 Å². The van der Waals surface area contributed by atoms with Crippen LogP contribution in [0.4, 0.5) is 0 Å². The third-order valence-corrected chi connectivity index (χ3v) is 4.18. The number of aryl methyl sites for hydroxylation is 1. The molecule has 2 heterocycles. The normalized spacial score (nSPS) is 19.1. The predicted molar refractivity (Wildman–Crippen MR) is 67.0 cm³/mol. The van der Waals surface area contributed by atoms with Crippen LogP contribution >= 0.6 is 11.3 Å². The summed E-state index contributed by atoms with van der Waals surface area (Å²) in [5.74, 6) is 0.662. The summed E-state index contributed by atoms with van der Waals surface area (Å²) in [7, 11) is 2.18. The molecule has 0 atom stereocenters. The third kappa shape index (κ3) is 3.03. The van der Waals surface area contributed by atoms with Crippen LogP contribution in [0.1, 0.15) is 35.9 Å². The van der Waals surface area contributed by atoms with E-state index in [1.54, 1.807) is 11.3 Å². The van der Waals surface area contributed by atoms with E-state index in [1.165, 1.54) is 36.6 Å². The largest absolute Gasteiger partial charge is 0.396 e. The molecular formula is C12H20N2OS. The molecule has 0 radical (unpaired) electrons. The van der Waals surface area contributed by atoms with Crippen LogP contribution in [0.2, 0.25) is 0 Å². The van der Waals surface area contributed by atoms with E-state index >= 15 is 0 Å². The average Bonchev–Trinajstić information content (AvgIpc) is 2.76. The molecule has 1 fully saturated rings. The highest BCUT2D eigenvalue weighted by Gasteiger charge is 2.20. The van der Waals surface area contributed by atoms with Crippen LogP contribution in [0.5, 0.6) is 0 Å². The van der Waals surface area contributed by atoms with E-state index in [-0.39, 0.29) is 6.61 Å². The summed E-state index contributed by atoms with van der Waals surface area (Å²) in [5.41, 5.74) is 1.28. The molecular weight excluding hydrogens is 220 g/mol. The Kier molecular flexibility index (Phi) is 4.32. The van der Waals surface area contributed by atoms with Crippen LogP contribution in [0, 0.1) is 0 Å². The number of likely N-dealkylation sites (tertiary alicyclic amines) is 1. The first-order valence-electron chi connectivity index (χ1n) is 6.03. The van der Waals surface area contributed by atoms with Crippen LogP contribution in [0.25, 0.3) is 0 Å². The maximum Gasteiger partial charge on any atom is 0.0929 e. The van der Waals surface area contributed by atoms with Gasteiger partial charge in [-0.2, -0.15) is 0 Å². The molecule has 2 rings (SSSR count). The predicted octanol–water partition coefficient (Wildman–Crippen LogP) is 1.88. The van der Waals surface area contributed by atoms with Gasteiger partial charge in [0.1, 0.15) is 0 Å². The van der Waals surface area contributed by atoms with Crippen molar-refractivity contribution in [2.75, 3.05) is 26.7 Å². The van der Waals surface area contributed by atoms with Crippen molar-refractivity contribution in [3.05, 3.63) is 16.1 Å². The van der Waals surface area contributed by atoms with Crippen LogP contribution in [0.3, 0.4) is 0 Å². The molecule has 1 aliphatic rings. The maximum absolute atomic E-state index is 8.78. The molecule has 1 aromatic heterocycles. The Labute approximate surface area is 101 Å². The highest BCUT2D eigenvalue weighted by Crippen LogP contribution is 2.28. The fourth-order valence-electron chi connectivity index (χ4n) is 2.16. The number of hydrogen-bond acceptors (Lipinski definition) is 4. The molecule has 1 N–H and O–H groups in total. The Balaban J connectivity index is 1.91. The number of aliphatic hydroxyl groups excluding tert-OH is 1. The topological polar surface area (TPSA) is 36.4 Å². The van der Waals surface area contributed by atoms with Crippen molar-refractivity contribution in [1.82, 2.24) is 9.88 Å². The second-order valence-electron chi connectivity index (χ2n) is 4.57. The van der Waals surface area contributed by atoms with E-state index in [2.05, 4.69) is 22.3 Å². The van der Waals surface area contributed by atoms with E-state index in [0.29, 0.717) is 5.92 Å². The van der Waals surface area contributed by atoms with Gasteiger partial charge in [-0.25, -0.2) is 4.98 Å². The number of nitrogens with zero attached hydrogens (tertiary/aromatic N) is 2. The lowest BCUT2D eigenvalue weighted by molar-refractivity contribution is 0.253. The number of aromatic nitrogens is 1. The third-order valence-electron chi connectivity index (χ3n) is 3.26. The van der Waals surface area contributed by atoms with Crippen molar-refractivity contribution in [2.45, 2.75) is 31.6 Å². The summed E-state index contributed by atoms with van der Waals surface area (Å²) >= 11 is 1.75. The molecule has 0 aromatic carbocycles. The second kappa shape index (κ2) is 5.75. The zero-order valence-corrected chi connectivity index (χ0v) is 10.7. The van der Waals surface area contributed by atoms with Gasteiger partial charge < -0.3 is 10.0 Å². The minimum atomic E-state index is 0.267. The Bertz CT molecular complexity index is 319. The van der Waals surface area contributed by atoms with Gasteiger partial charge in [0.05, 0.1) is 10.7 Å². The molecule has 3 nitrogen and oxygen atoms in total. The summed E-state index contributed by atoms with van der Waals surface area (Å²) in [6, 6.07) is 0. The van der Waals surface area contributed by atoms with Gasteiger partial charge in [-0.05, 0) is 39.4 Å². The Morgan fingerprint density at radius 3 is 2.94 bits per heavy atom. The molecule has 1 aliphatic heterocycles. The number of thiazole rings is 1. The van der Waals surface area contributed by atoms with E-state index in [0.717, 1.165) is 12.8 Å². The van der Waals surface area contributed by atoms with Gasteiger partial charge in [-0.15, -0.1) is 11.3 Å². The lowest BCUT2D eigenvalue weighted by Gasteiger charge is -2.27. The molecule has 1 saturated heterocycles. The summed E-state index contributed by atoms with van der Waals surface area (Å²) in [4.78, 5) is 7.07. The Hall–Kier alpha value is -0.450. The molecule has 1 aromatic rings. The molecule has 0 spiro atoms. The van der Waals surface area contributed by atoms with Gasteiger partial charge in [-0.3, -0.25) is 0 Å². The van der Waals surface area contributed by atoms with Crippen LogP contribution in [0.15, 0.2) is 5.38 Å². The monoisotopic (exact) mass is 240 g/mol. The summed E-state index contributed by atoms with van der Waals surface area (Å²) in [6.45, 7) is 2.64. The van der Waals surface area contributed by atoms with Crippen molar-refractivity contribution in [1.29, 1.82) is 0 Å². The van der Waals surface area contributed by atoms with Crippen molar-refractivity contribution in [3.8, 4) is 0 Å². The highest BCUT2D eigenvalue weighted by molar-refractivity contribution is 7.09. The number of rotatable bonds is 4. The van der Waals surface area contributed by atoms with Gasteiger partial charge in [0.25, 0.3) is 0 Å². The smallest absolute Gasteiger partial charge is 0.0929 e. The highest BCUT2D eigenvalue weighted by atomic mass is 32.1. The van der Waals surface area contributed by atoms with Gasteiger partial charge in [-0.1, -0.05) is 0 Å². The second-order valence-corrected chi connectivity index (χ2v) is 5.51. The molecule has 0 saturated carbocycles. The molecule has 0 aliphatic carbocycles. The van der Waals surface area contributed by atoms with E-state index in [9.17, 15) is 0 Å². The van der Waals surface area contributed by atoms with Gasteiger partial charge >= 0.3 is 0 Å². The zero-order valence-electron chi connectivity index (χ0n) is 9.85. The number of aliphatic hydroxyl groups is 1. The standard InChI is InChI=1S/C12H20N2OS/c1-14-6-4-10(5-7-14)11-9-16-12(13-11)3-2-8-15/h9-10,15H,2-8H2,1H3. The summed E-state index contributed by atoms with van der Waals surface area (Å²) in [5, 5.41) is 12.2. The molecule has 90 valence electrons. The Morgan fingerprint density at radius 1 is 1.50 bits per heavy atom. The van der Waals surface area contributed by atoms with Crippen molar-refractivity contribution < 1.29 is 5.11 Å². The van der Waals surface area contributed by atoms with Gasteiger partial charge in [0.2, 0.25) is 0 Å². The first-order chi connectivity index (χ1) is 7.79. The van der Waals surface area contributed by atoms with Crippen molar-refractivity contribution in [2.24, 2.45) is 0 Å². The summed E-state index contributed by atoms with van der Waals surface area (Å²) in [6.07, 6.45) is 4.23. The minimum Gasteiger partial charge on any atom is -0.396 e. The van der Waals surface area contributed by atoms with Crippen LogP contribution < -0.4 is 0 Å². The lowest BCUT2D eigenvalue weighted by atomic mass is 9.95. The summed E-state index contributed by atoms with van der Waals surface area (Å²) < 4.78 is 0. The average molecular weight is 240 g/mol. The minimum absolute atomic E-state index is 0.267. The van der Waals surface area contributed by atoms with E-state index < -0.39 is 0 Å². The SMILES string of the molecule is CN1CCC(c2csc(CCCO)n2)CC1. The van der Waals surface area contributed by atoms with Crippen molar-refractivity contribution in [3.63, 3.8) is 0 Å². The van der Waals surface area contributed by atoms with Crippen LogP contribution in [-0.2, 0) is 6.42 Å². The number of hydrogen-bond donors (Lipinski definition) is 1. The molecule has 0 bridgehead atoms. The quantitative estimate of drug-likeness (QED) is 0.873. The molecule has 4 heteroatoms. The van der Waals surface area contributed by atoms with E-state index in [1.807, 2.05) is 0 Å². The molecule has 0 unspecified atom stereocenters. The van der Waals surface area contributed by atoms with Gasteiger partial charge in [0, 0.05) is 24.3 Å². The first-order valence-corrected chi connectivity index (χ1v) is 6.91. The first kappa shape index (κ1) is 12.0. The zero-order chi connectivity index (χ0) is 11.4. The fraction of sp³-hybridized carbons (Fsp3) is 0.750. The molecule has 0 amide bonds. The van der Waals surface area contributed by atoms with Gasteiger partial charge in [0.15, 0.2) is 0 Å². The molecule has 16 heavy (non-hydrogen) atoms. The van der Waals surface area contributed by atoms with Crippen molar-refractivity contribution >= 4 is 11.3 Å². The number of piperidine rings is 1. The fourth-order valence-corrected chi connectivity index (χ4v) is 3.08. The lowest BCUT2D eigenvalue weighted by Crippen LogP contribution is -2.29. The Morgan fingerprint density at radius 2 is 2.25 bits per heavy atom. The maximum atomic E-state index is 8.78.